The highest BCUT2D eigenvalue weighted by atomic mass is 16.2. The predicted octanol–water partition coefficient (Wildman–Crippen LogP) is 1.83. The van der Waals surface area contributed by atoms with Crippen LogP contribution < -0.4 is 5.73 Å². The Morgan fingerprint density at radius 3 is 2.62 bits per heavy atom. The molecule has 3 nitrogen and oxygen atoms in total. The van der Waals surface area contributed by atoms with Gasteiger partial charge in [0.1, 0.15) is 0 Å². The Kier molecular flexibility index (Phi) is 3.64. The maximum absolute atomic E-state index is 12.1. The SMILES string of the molecule is NC1(CC(=O)N2CC=CCC2)CCCCC1. The summed E-state index contributed by atoms with van der Waals surface area (Å²) in [6.45, 7) is 1.64. The van der Waals surface area contributed by atoms with Crippen molar-refractivity contribution in [2.45, 2.75) is 50.5 Å². The molecular weight excluding hydrogens is 200 g/mol. The van der Waals surface area contributed by atoms with Crippen LogP contribution in [0.3, 0.4) is 0 Å². The zero-order valence-electron chi connectivity index (χ0n) is 9.95. The summed E-state index contributed by atoms with van der Waals surface area (Å²) in [4.78, 5) is 14.0. The minimum Gasteiger partial charge on any atom is -0.339 e. The average Bonchev–Trinajstić information content (AvgIpc) is 2.30. The third-order valence-corrected chi connectivity index (χ3v) is 3.76. The Hall–Kier alpha value is -0.830. The summed E-state index contributed by atoms with van der Waals surface area (Å²) in [5.74, 6) is 0.244. The molecule has 0 radical (unpaired) electrons. The van der Waals surface area contributed by atoms with Gasteiger partial charge in [-0.05, 0) is 19.3 Å². The van der Waals surface area contributed by atoms with Crippen molar-refractivity contribution < 1.29 is 4.79 Å². The summed E-state index contributed by atoms with van der Waals surface area (Å²) in [5, 5.41) is 0. The van der Waals surface area contributed by atoms with Crippen LogP contribution in [-0.4, -0.2) is 29.4 Å². The molecule has 2 aliphatic rings. The molecule has 16 heavy (non-hydrogen) atoms. The van der Waals surface area contributed by atoms with Crippen LogP contribution in [-0.2, 0) is 4.79 Å². The zero-order valence-corrected chi connectivity index (χ0v) is 9.95. The van der Waals surface area contributed by atoms with Crippen molar-refractivity contribution in [3.8, 4) is 0 Å². The van der Waals surface area contributed by atoms with Gasteiger partial charge in [-0.1, -0.05) is 31.4 Å². The molecule has 2 rings (SSSR count). The fraction of sp³-hybridized carbons (Fsp3) is 0.769. The van der Waals surface area contributed by atoms with Gasteiger partial charge in [-0.25, -0.2) is 0 Å². The van der Waals surface area contributed by atoms with Crippen LogP contribution >= 0.6 is 0 Å². The monoisotopic (exact) mass is 222 g/mol. The third kappa shape index (κ3) is 2.85. The lowest BCUT2D eigenvalue weighted by Gasteiger charge is -2.35. The zero-order chi connectivity index (χ0) is 11.4. The normalized spacial score (nSPS) is 24.4. The molecule has 2 N–H and O–H groups in total. The van der Waals surface area contributed by atoms with Gasteiger partial charge in [0.25, 0.3) is 0 Å². The van der Waals surface area contributed by atoms with Crippen LogP contribution in [0.4, 0.5) is 0 Å². The molecule has 90 valence electrons. The molecule has 0 saturated heterocycles. The van der Waals surface area contributed by atoms with Crippen LogP contribution in [0.5, 0.6) is 0 Å². The van der Waals surface area contributed by atoms with Gasteiger partial charge in [0, 0.05) is 25.0 Å². The van der Waals surface area contributed by atoms with E-state index in [0.717, 1.165) is 32.4 Å². The molecule has 0 unspecified atom stereocenters. The Morgan fingerprint density at radius 2 is 2.00 bits per heavy atom. The molecule has 0 spiro atoms. The smallest absolute Gasteiger partial charge is 0.224 e. The predicted molar refractivity (Wildman–Crippen MR) is 65.0 cm³/mol. The van der Waals surface area contributed by atoms with E-state index in [2.05, 4.69) is 12.2 Å². The maximum Gasteiger partial charge on any atom is 0.224 e. The highest BCUT2D eigenvalue weighted by Crippen LogP contribution is 2.29. The van der Waals surface area contributed by atoms with Gasteiger partial charge >= 0.3 is 0 Å². The number of rotatable bonds is 2. The highest BCUT2D eigenvalue weighted by molar-refractivity contribution is 5.77. The van der Waals surface area contributed by atoms with E-state index < -0.39 is 0 Å². The van der Waals surface area contributed by atoms with Crippen molar-refractivity contribution in [1.82, 2.24) is 4.90 Å². The van der Waals surface area contributed by atoms with Crippen molar-refractivity contribution in [3.63, 3.8) is 0 Å². The number of nitrogens with zero attached hydrogens (tertiary/aromatic N) is 1. The van der Waals surface area contributed by atoms with E-state index in [9.17, 15) is 4.79 Å². The quantitative estimate of drug-likeness (QED) is 0.724. The van der Waals surface area contributed by atoms with E-state index in [4.69, 9.17) is 5.73 Å². The third-order valence-electron chi connectivity index (χ3n) is 3.76. The maximum atomic E-state index is 12.1. The molecular formula is C13H22N2O. The second-order valence-corrected chi connectivity index (χ2v) is 5.20. The topological polar surface area (TPSA) is 46.3 Å². The van der Waals surface area contributed by atoms with Crippen LogP contribution in [0, 0.1) is 0 Å². The Morgan fingerprint density at radius 1 is 1.25 bits per heavy atom. The van der Waals surface area contributed by atoms with E-state index >= 15 is 0 Å². The summed E-state index contributed by atoms with van der Waals surface area (Å²) in [6.07, 6.45) is 11.4. The number of nitrogens with two attached hydrogens (primary N) is 1. The van der Waals surface area contributed by atoms with Crippen LogP contribution in [0.2, 0.25) is 0 Å². The Balaban J connectivity index is 1.87. The summed E-state index contributed by atoms with van der Waals surface area (Å²) in [6, 6.07) is 0. The molecule has 1 heterocycles. The van der Waals surface area contributed by atoms with Crippen molar-refractivity contribution >= 4 is 5.91 Å². The summed E-state index contributed by atoms with van der Waals surface area (Å²) in [7, 11) is 0. The molecule has 1 saturated carbocycles. The molecule has 0 atom stereocenters. The standard InChI is InChI=1S/C13H22N2O/c14-13(7-3-1-4-8-13)11-12(16)15-9-5-2-6-10-15/h2,5H,1,3-4,6-11,14H2. The van der Waals surface area contributed by atoms with E-state index in [1.54, 1.807) is 0 Å². The minimum atomic E-state index is -0.212. The first-order valence-electron chi connectivity index (χ1n) is 6.41. The van der Waals surface area contributed by atoms with Crippen molar-refractivity contribution in [3.05, 3.63) is 12.2 Å². The van der Waals surface area contributed by atoms with Gasteiger partial charge in [-0.2, -0.15) is 0 Å². The van der Waals surface area contributed by atoms with Gasteiger partial charge in [-0.3, -0.25) is 4.79 Å². The molecule has 0 aromatic rings. The molecule has 1 aliphatic carbocycles. The number of amides is 1. The molecule has 1 fully saturated rings. The Bertz CT molecular complexity index is 280. The van der Waals surface area contributed by atoms with Gasteiger partial charge in [0.2, 0.25) is 5.91 Å². The molecule has 1 amide bonds. The summed E-state index contributed by atoms with van der Waals surface area (Å²) < 4.78 is 0. The van der Waals surface area contributed by atoms with Crippen molar-refractivity contribution in [2.75, 3.05) is 13.1 Å². The van der Waals surface area contributed by atoms with Gasteiger partial charge < -0.3 is 10.6 Å². The summed E-state index contributed by atoms with van der Waals surface area (Å²) in [5.41, 5.74) is 6.09. The van der Waals surface area contributed by atoms with Crippen LogP contribution in [0.1, 0.15) is 44.9 Å². The number of carbonyl (C=O) groups excluding carboxylic acids is 1. The van der Waals surface area contributed by atoms with Crippen LogP contribution in [0.25, 0.3) is 0 Å². The minimum absolute atomic E-state index is 0.212. The van der Waals surface area contributed by atoms with E-state index in [1.165, 1.54) is 19.3 Å². The summed E-state index contributed by atoms with van der Waals surface area (Å²) >= 11 is 0. The number of hydrogen-bond donors (Lipinski definition) is 1. The second kappa shape index (κ2) is 5.00. The lowest BCUT2D eigenvalue weighted by molar-refractivity contribution is -0.132. The number of hydrogen-bond acceptors (Lipinski definition) is 2. The van der Waals surface area contributed by atoms with Crippen molar-refractivity contribution in [1.29, 1.82) is 0 Å². The first-order valence-corrected chi connectivity index (χ1v) is 6.41. The average molecular weight is 222 g/mol. The van der Waals surface area contributed by atoms with E-state index in [0.29, 0.717) is 6.42 Å². The first kappa shape index (κ1) is 11.6. The highest BCUT2D eigenvalue weighted by Gasteiger charge is 2.31. The lowest BCUT2D eigenvalue weighted by Crippen LogP contribution is -2.47. The lowest BCUT2D eigenvalue weighted by atomic mass is 9.80. The van der Waals surface area contributed by atoms with Crippen molar-refractivity contribution in [2.24, 2.45) is 5.73 Å². The molecule has 3 heteroatoms. The fourth-order valence-corrected chi connectivity index (χ4v) is 2.71. The largest absolute Gasteiger partial charge is 0.339 e. The Labute approximate surface area is 97.7 Å². The van der Waals surface area contributed by atoms with Gasteiger partial charge in [0.15, 0.2) is 0 Å². The number of carbonyl (C=O) groups is 1. The van der Waals surface area contributed by atoms with Gasteiger partial charge in [-0.15, -0.1) is 0 Å². The van der Waals surface area contributed by atoms with Crippen LogP contribution in [0.15, 0.2) is 12.2 Å². The second-order valence-electron chi connectivity index (χ2n) is 5.20. The van der Waals surface area contributed by atoms with Gasteiger partial charge in [0.05, 0.1) is 0 Å². The fourth-order valence-electron chi connectivity index (χ4n) is 2.71. The van der Waals surface area contributed by atoms with E-state index in [-0.39, 0.29) is 11.4 Å². The first-order chi connectivity index (χ1) is 7.70. The molecule has 1 aliphatic heterocycles. The molecule has 0 aromatic carbocycles. The van der Waals surface area contributed by atoms with E-state index in [1.807, 2.05) is 4.90 Å². The molecule has 0 aromatic heterocycles. The molecule has 0 bridgehead atoms.